The predicted octanol–water partition coefficient (Wildman–Crippen LogP) is 2.65. The fourth-order valence-corrected chi connectivity index (χ4v) is 1.82. The normalized spacial score (nSPS) is 10.8. The molecule has 2 rings (SSSR count). The van der Waals surface area contributed by atoms with Crippen molar-refractivity contribution in [2.24, 2.45) is 0 Å². The molecule has 0 aliphatic carbocycles. The maximum absolute atomic E-state index is 13.7. The van der Waals surface area contributed by atoms with Crippen molar-refractivity contribution in [1.82, 2.24) is 4.98 Å². The van der Waals surface area contributed by atoms with Gasteiger partial charge in [0.1, 0.15) is 5.82 Å². The summed E-state index contributed by atoms with van der Waals surface area (Å²) < 4.78 is 66.7. The van der Waals surface area contributed by atoms with Crippen molar-refractivity contribution in [1.29, 1.82) is 0 Å². The van der Waals surface area contributed by atoms with Crippen molar-refractivity contribution in [3.05, 3.63) is 46.9 Å². The second kappa shape index (κ2) is 5.58. The van der Waals surface area contributed by atoms with Crippen molar-refractivity contribution in [3.63, 3.8) is 0 Å². The summed E-state index contributed by atoms with van der Waals surface area (Å²) in [4.78, 5) is 14.1. The summed E-state index contributed by atoms with van der Waals surface area (Å²) in [6.45, 7) is 0. The Morgan fingerprint density at radius 1 is 1.00 bits per heavy atom. The summed E-state index contributed by atoms with van der Waals surface area (Å²) in [6, 6.07) is 2.01. The molecule has 1 aromatic heterocycles. The van der Waals surface area contributed by atoms with Gasteiger partial charge in [-0.1, -0.05) is 0 Å². The summed E-state index contributed by atoms with van der Waals surface area (Å²) in [5, 5.41) is 8.59. The fraction of sp³-hybridized carbons (Fsp3) is 0.0769. The van der Waals surface area contributed by atoms with Gasteiger partial charge in [-0.25, -0.2) is 26.9 Å². The van der Waals surface area contributed by atoms with Gasteiger partial charge in [-0.3, -0.25) is 4.79 Å². The minimum Gasteiger partial charge on any atom is -0.481 e. The standard InChI is InChI=1S/C13H7F5N2O2/c14-8-7(9(15)11(17)12(18)10(8)16)5-2-1-4(3-6(21)22)20-13(5)19/h1-2H,3H2,(H2,19,20)(H,21,22). The summed E-state index contributed by atoms with van der Waals surface area (Å²) in [6.07, 6.45) is -0.512. The lowest BCUT2D eigenvalue weighted by Gasteiger charge is -2.11. The number of nitrogens with zero attached hydrogens (tertiary/aromatic N) is 1. The lowest BCUT2D eigenvalue weighted by Crippen LogP contribution is -2.08. The van der Waals surface area contributed by atoms with Crippen LogP contribution in [0.1, 0.15) is 5.69 Å². The number of carbonyl (C=O) groups is 1. The highest BCUT2D eigenvalue weighted by Gasteiger charge is 2.27. The Balaban J connectivity index is 2.65. The zero-order valence-corrected chi connectivity index (χ0v) is 10.6. The SMILES string of the molecule is Nc1nc(CC(=O)O)ccc1-c1c(F)c(F)c(F)c(F)c1F. The molecule has 0 saturated heterocycles. The van der Waals surface area contributed by atoms with Gasteiger partial charge in [-0.15, -0.1) is 0 Å². The van der Waals surface area contributed by atoms with Crippen LogP contribution in [0.25, 0.3) is 11.1 Å². The Kier molecular flexibility index (Phi) is 3.98. The van der Waals surface area contributed by atoms with Gasteiger partial charge in [0.15, 0.2) is 23.3 Å². The number of carboxylic acid groups (broad SMARTS) is 1. The number of aromatic nitrogens is 1. The average Bonchev–Trinajstić information content (AvgIpc) is 2.45. The Hall–Kier alpha value is -2.71. The molecule has 0 amide bonds. The van der Waals surface area contributed by atoms with E-state index in [-0.39, 0.29) is 5.69 Å². The van der Waals surface area contributed by atoms with Crippen LogP contribution in [0.5, 0.6) is 0 Å². The molecule has 2 aromatic rings. The van der Waals surface area contributed by atoms with E-state index >= 15 is 0 Å². The number of benzene rings is 1. The number of aliphatic carboxylic acids is 1. The molecule has 116 valence electrons. The van der Waals surface area contributed by atoms with Crippen LogP contribution in [-0.2, 0) is 11.2 Å². The van der Waals surface area contributed by atoms with Crippen LogP contribution in [0.4, 0.5) is 27.8 Å². The summed E-state index contributed by atoms with van der Waals surface area (Å²) in [5.41, 5.74) is 3.65. The van der Waals surface area contributed by atoms with E-state index < -0.39 is 58.4 Å². The van der Waals surface area contributed by atoms with Gasteiger partial charge in [0.05, 0.1) is 17.7 Å². The number of hydrogen-bond donors (Lipinski definition) is 2. The van der Waals surface area contributed by atoms with Gasteiger partial charge in [0.25, 0.3) is 0 Å². The third-order valence-electron chi connectivity index (χ3n) is 2.79. The molecule has 0 unspecified atom stereocenters. The third-order valence-corrected chi connectivity index (χ3v) is 2.79. The Labute approximate surface area is 120 Å². The van der Waals surface area contributed by atoms with Gasteiger partial charge in [-0.05, 0) is 12.1 Å². The first-order valence-electron chi connectivity index (χ1n) is 5.73. The molecular formula is C13H7F5N2O2. The highest BCUT2D eigenvalue weighted by Crippen LogP contribution is 2.34. The maximum atomic E-state index is 13.7. The molecule has 0 radical (unpaired) electrons. The van der Waals surface area contributed by atoms with Crippen molar-refractivity contribution < 1.29 is 31.9 Å². The molecule has 1 heterocycles. The number of pyridine rings is 1. The van der Waals surface area contributed by atoms with E-state index in [1.807, 2.05) is 0 Å². The van der Waals surface area contributed by atoms with E-state index in [0.29, 0.717) is 0 Å². The number of nitrogens with two attached hydrogens (primary N) is 1. The molecule has 0 aliphatic rings. The number of hydrogen-bond acceptors (Lipinski definition) is 3. The van der Waals surface area contributed by atoms with Gasteiger partial charge < -0.3 is 10.8 Å². The van der Waals surface area contributed by atoms with E-state index in [9.17, 15) is 26.7 Å². The molecule has 0 fully saturated rings. The van der Waals surface area contributed by atoms with Gasteiger partial charge in [0, 0.05) is 5.56 Å². The largest absolute Gasteiger partial charge is 0.481 e. The van der Waals surface area contributed by atoms with Crippen molar-refractivity contribution in [2.45, 2.75) is 6.42 Å². The number of nitrogen functional groups attached to an aromatic ring is 1. The highest BCUT2D eigenvalue weighted by molar-refractivity contribution is 5.76. The van der Waals surface area contributed by atoms with Crippen LogP contribution in [-0.4, -0.2) is 16.1 Å². The summed E-state index contributed by atoms with van der Waals surface area (Å²) >= 11 is 0. The Morgan fingerprint density at radius 2 is 1.50 bits per heavy atom. The lowest BCUT2D eigenvalue weighted by atomic mass is 10.0. The van der Waals surface area contributed by atoms with Crippen LogP contribution in [0, 0.1) is 29.1 Å². The topological polar surface area (TPSA) is 76.2 Å². The first-order chi connectivity index (χ1) is 10.2. The monoisotopic (exact) mass is 318 g/mol. The second-order valence-electron chi connectivity index (χ2n) is 4.25. The van der Waals surface area contributed by atoms with E-state index in [2.05, 4.69) is 4.98 Å². The maximum Gasteiger partial charge on any atom is 0.309 e. The van der Waals surface area contributed by atoms with Crippen molar-refractivity contribution >= 4 is 11.8 Å². The molecule has 0 saturated carbocycles. The fourth-order valence-electron chi connectivity index (χ4n) is 1.82. The molecule has 0 aliphatic heterocycles. The summed E-state index contributed by atoms with van der Waals surface area (Å²) in [7, 11) is 0. The van der Waals surface area contributed by atoms with Crippen LogP contribution in [0.3, 0.4) is 0 Å². The number of halogens is 5. The van der Waals surface area contributed by atoms with Crippen LogP contribution < -0.4 is 5.73 Å². The molecule has 0 atom stereocenters. The number of carboxylic acids is 1. The van der Waals surface area contributed by atoms with Gasteiger partial charge >= 0.3 is 5.97 Å². The Morgan fingerprint density at radius 3 is 1.95 bits per heavy atom. The number of anilines is 1. The second-order valence-corrected chi connectivity index (χ2v) is 4.25. The van der Waals surface area contributed by atoms with Crippen LogP contribution in [0.2, 0.25) is 0 Å². The van der Waals surface area contributed by atoms with Gasteiger partial charge in [0.2, 0.25) is 5.82 Å². The quantitative estimate of drug-likeness (QED) is 0.518. The zero-order valence-electron chi connectivity index (χ0n) is 10.6. The first kappa shape index (κ1) is 15.7. The van der Waals surface area contributed by atoms with Gasteiger partial charge in [-0.2, -0.15) is 0 Å². The first-order valence-corrected chi connectivity index (χ1v) is 5.73. The molecule has 9 heteroatoms. The van der Waals surface area contributed by atoms with E-state index in [1.54, 1.807) is 0 Å². The number of rotatable bonds is 3. The van der Waals surface area contributed by atoms with Crippen molar-refractivity contribution in [2.75, 3.05) is 5.73 Å². The van der Waals surface area contributed by atoms with Crippen LogP contribution >= 0.6 is 0 Å². The smallest absolute Gasteiger partial charge is 0.309 e. The molecule has 0 spiro atoms. The predicted molar refractivity (Wildman–Crippen MR) is 65.2 cm³/mol. The molecular weight excluding hydrogens is 311 g/mol. The average molecular weight is 318 g/mol. The van der Waals surface area contributed by atoms with Crippen molar-refractivity contribution in [3.8, 4) is 11.1 Å². The molecule has 1 aromatic carbocycles. The molecule has 22 heavy (non-hydrogen) atoms. The van der Waals surface area contributed by atoms with E-state index in [1.165, 1.54) is 0 Å². The van der Waals surface area contributed by atoms with E-state index in [0.717, 1.165) is 12.1 Å². The molecule has 0 bridgehead atoms. The molecule has 4 nitrogen and oxygen atoms in total. The third kappa shape index (κ3) is 2.57. The lowest BCUT2D eigenvalue weighted by molar-refractivity contribution is -0.136. The minimum absolute atomic E-state index is 0.0300. The van der Waals surface area contributed by atoms with E-state index in [4.69, 9.17) is 10.8 Å². The molecule has 3 N–H and O–H groups in total. The minimum atomic E-state index is -2.28. The highest BCUT2D eigenvalue weighted by atomic mass is 19.2. The Bertz CT molecular complexity index is 751. The summed E-state index contributed by atoms with van der Waals surface area (Å²) in [5.74, 6) is -12.4. The zero-order chi connectivity index (χ0) is 16.6. The van der Waals surface area contributed by atoms with Crippen LogP contribution in [0.15, 0.2) is 12.1 Å².